The van der Waals surface area contributed by atoms with Gasteiger partial charge in [-0.2, -0.15) is 0 Å². The number of rotatable bonds is 7. The molecular formula is C24H26ClN3O6. The highest BCUT2D eigenvalue weighted by Gasteiger charge is 2.54. The van der Waals surface area contributed by atoms with Crippen LogP contribution in [0.25, 0.3) is 0 Å². The van der Waals surface area contributed by atoms with Crippen molar-refractivity contribution in [1.82, 2.24) is 14.7 Å². The van der Waals surface area contributed by atoms with E-state index in [1.807, 2.05) is 0 Å². The van der Waals surface area contributed by atoms with Crippen LogP contribution in [0, 0.1) is 0 Å². The first-order chi connectivity index (χ1) is 16.4. The third kappa shape index (κ3) is 4.45. The first-order valence-electron chi connectivity index (χ1n) is 11.1. The summed E-state index contributed by atoms with van der Waals surface area (Å²) in [6.45, 7) is 1.64. The van der Waals surface area contributed by atoms with Gasteiger partial charge in [0, 0.05) is 51.2 Å². The monoisotopic (exact) mass is 487 g/mol. The third-order valence-electron chi connectivity index (χ3n) is 6.42. The van der Waals surface area contributed by atoms with Crippen LogP contribution in [-0.2, 0) is 24.5 Å². The lowest BCUT2D eigenvalue weighted by Crippen LogP contribution is -2.52. The lowest BCUT2D eigenvalue weighted by atomic mass is 9.75. The van der Waals surface area contributed by atoms with Gasteiger partial charge < -0.3 is 19.0 Å². The van der Waals surface area contributed by atoms with Crippen molar-refractivity contribution in [3.8, 4) is 0 Å². The van der Waals surface area contributed by atoms with Gasteiger partial charge in [-0.05, 0) is 23.8 Å². The van der Waals surface area contributed by atoms with Crippen molar-refractivity contribution in [3.63, 3.8) is 0 Å². The number of nitrogens with zero attached hydrogens (tertiary/aromatic N) is 3. The third-order valence-corrected chi connectivity index (χ3v) is 6.75. The van der Waals surface area contributed by atoms with Crippen LogP contribution in [0.15, 0.2) is 47.1 Å². The number of halogens is 1. The molecule has 0 bridgehead atoms. The summed E-state index contributed by atoms with van der Waals surface area (Å²) in [5, 5.41) is 0.332. The van der Waals surface area contributed by atoms with Gasteiger partial charge in [0.1, 0.15) is 0 Å². The smallest absolute Gasteiger partial charge is 0.289 e. The standard InChI is InChI=1S/C24H26ClN3O6/c1-33-14-12-28-21(30)16-24(23(28)32,17-5-2-3-6-18(17)25)15-20(29)26-8-10-27(11-9-26)22(31)19-7-4-13-34-19/h2-7,13H,8-12,14-16H2,1H3/t24-/m1/s1. The summed E-state index contributed by atoms with van der Waals surface area (Å²) < 4.78 is 10.2. The van der Waals surface area contributed by atoms with Crippen LogP contribution in [0.4, 0.5) is 0 Å². The normalized spacial score (nSPS) is 20.8. The number of hydrogen-bond acceptors (Lipinski definition) is 6. The first kappa shape index (κ1) is 24.0. The number of imide groups is 1. The van der Waals surface area contributed by atoms with Gasteiger partial charge in [-0.15, -0.1) is 0 Å². The van der Waals surface area contributed by atoms with Crippen molar-refractivity contribution in [2.75, 3.05) is 46.4 Å². The van der Waals surface area contributed by atoms with E-state index in [0.717, 1.165) is 4.90 Å². The highest BCUT2D eigenvalue weighted by atomic mass is 35.5. The van der Waals surface area contributed by atoms with Gasteiger partial charge >= 0.3 is 0 Å². The Labute approximate surface area is 202 Å². The minimum absolute atomic E-state index is 0.113. The second kappa shape index (κ2) is 9.99. The molecule has 0 radical (unpaired) electrons. The number of carbonyl (C=O) groups excluding carboxylic acids is 4. The predicted octanol–water partition coefficient (Wildman–Crippen LogP) is 1.95. The zero-order valence-corrected chi connectivity index (χ0v) is 19.6. The van der Waals surface area contributed by atoms with Crippen LogP contribution in [0.3, 0.4) is 0 Å². The molecule has 180 valence electrons. The number of piperazine rings is 1. The second-order valence-corrected chi connectivity index (χ2v) is 8.82. The van der Waals surface area contributed by atoms with Gasteiger partial charge in [0.25, 0.3) is 5.91 Å². The number of methoxy groups -OCH3 is 1. The Morgan fingerprint density at radius 3 is 2.41 bits per heavy atom. The average molecular weight is 488 g/mol. The molecule has 0 N–H and O–H groups in total. The number of ether oxygens (including phenoxy) is 1. The molecule has 4 rings (SSSR count). The molecular weight excluding hydrogens is 462 g/mol. The molecule has 9 nitrogen and oxygen atoms in total. The molecule has 2 fully saturated rings. The van der Waals surface area contributed by atoms with E-state index in [2.05, 4.69) is 0 Å². The molecule has 2 aromatic rings. The van der Waals surface area contributed by atoms with Crippen molar-refractivity contribution < 1.29 is 28.3 Å². The number of furan rings is 1. The molecule has 1 aromatic carbocycles. The summed E-state index contributed by atoms with van der Waals surface area (Å²) >= 11 is 6.45. The van der Waals surface area contributed by atoms with E-state index in [1.54, 1.807) is 46.2 Å². The van der Waals surface area contributed by atoms with Gasteiger partial charge in [-0.1, -0.05) is 29.8 Å². The number of benzene rings is 1. The summed E-state index contributed by atoms with van der Waals surface area (Å²) in [5.41, 5.74) is -0.906. The summed E-state index contributed by atoms with van der Waals surface area (Å²) in [4.78, 5) is 56.6. The van der Waals surface area contributed by atoms with E-state index in [0.29, 0.717) is 36.8 Å². The quantitative estimate of drug-likeness (QED) is 0.553. The minimum atomic E-state index is -1.37. The minimum Gasteiger partial charge on any atom is -0.459 e. The molecule has 2 aliphatic heterocycles. The van der Waals surface area contributed by atoms with Crippen LogP contribution < -0.4 is 0 Å². The molecule has 0 saturated carbocycles. The Kier molecular flexibility index (Phi) is 7.04. The summed E-state index contributed by atoms with van der Waals surface area (Å²) in [5.74, 6) is -1.04. The van der Waals surface area contributed by atoms with Gasteiger partial charge in [0.15, 0.2) is 5.76 Å². The fraction of sp³-hybridized carbons (Fsp3) is 0.417. The van der Waals surface area contributed by atoms with Gasteiger partial charge in [-0.3, -0.25) is 24.1 Å². The number of amides is 4. The van der Waals surface area contributed by atoms with Crippen molar-refractivity contribution in [3.05, 3.63) is 59.0 Å². The Balaban J connectivity index is 1.52. The lowest BCUT2D eigenvalue weighted by Gasteiger charge is -2.36. The van der Waals surface area contributed by atoms with E-state index >= 15 is 0 Å². The summed E-state index contributed by atoms with van der Waals surface area (Å²) in [6.07, 6.45) is 1.12. The van der Waals surface area contributed by atoms with Crippen molar-refractivity contribution in [2.24, 2.45) is 0 Å². The van der Waals surface area contributed by atoms with Crippen LogP contribution in [0.1, 0.15) is 29.0 Å². The van der Waals surface area contributed by atoms with Crippen LogP contribution >= 0.6 is 11.6 Å². The Morgan fingerprint density at radius 2 is 1.76 bits per heavy atom. The van der Waals surface area contributed by atoms with E-state index < -0.39 is 11.3 Å². The fourth-order valence-electron chi connectivity index (χ4n) is 4.59. The van der Waals surface area contributed by atoms with Crippen molar-refractivity contribution in [1.29, 1.82) is 0 Å². The number of carbonyl (C=O) groups is 4. The van der Waals surface area contributed by atoms with E-state index in [9.17, 15) is 19.2 Å². The van der Waals surface area contributed by atoms with E-state index in [4.69, 9.17) is 20.8 Å². The summed E-state index contributed by atoms with van der Waals surface area (Å²) in [7, 11) is 1.49. The Bertz CT molecular complexity index is 1080. The maximum Gasteiger partial charge on any atom is 0.289 e. The summed E-state index contributed by atoms with van der Waals surface area (Å²) in [6, 6.07) is 10.1. The maximum absolute atomic E-state index is 13.5. The molecule has 2 aliphatic rings. The molecule has 10 heteroatoms. The molecule has 4 amide bonds. The topological polar surface area (TPSA) is 100 Å². The fourth-order valence-corrected chi connectivity index (χ4v) is 4.90. The Morgan fingerprint density at radius 1 is 1.06 bits per heavy atom. The van der Waals surface area contributed by atoms with Crippen molar-refractivity contribution in [2.45, 2.75) is 18.3 Å². The van der Waals surface area contributed by atoms with Crippen LogP contribution in [0.5, 0.6) is 0 Å². The zero-order chi connectivity index (χ0) is 24.3. The van der Waals surface area contributed by atoms with Gasteiger partial charge in [0.2, 0.25) is 17.7 Å². The molecule has 2 saturated heterocycles. The lowest BCUT2D eigenvalue weighted by molar-refractivity contribution is -0.143. The number of likely N-dealkylation sites (tertiary alicyclic amines) is 1. The van der Waals surface area contributed by atoms with Gasteiger partial charge in [-0.25, -0.2) is 0 Å². The highest BCUT2D eigenvalue weighted by Crippen LogP contribution is 2.43. The Hall–Kier alpha value is -3.17. The molecule has 0 aliphatic carbocycles. The number of hydrogen-bond donors (Lipinski definition) is 0. The zero-order valence-electron chi connectivity index (χ0n) is 18.9. The molecule has 34 heavy (non-hydrogen) atoms. The predicted molar refractivity (Wildman–Crippen MR) is 122 cm³/mol. The van der Waals surface area contributed by atoms with Gasteiger partial charge in [0.05, 0.1) is 24.8 Å². The van der Waals surface area contributed by atoms with E-state index in [1.165, 1.54) is 13.4 Å². The average Bonchev–Trinajstić information content (AvgIpc) is 3.45. The molecule has 0 unspecified atom stereocenters. The SMILES string of the molecule is COCCN1C(=O)C[C@](CC(=O)N2CCN(C(=O)c3ccco3)CC2)(c2ccccc2Cl)C1=O. The largest absolute Gasteiger partial charge is 0.459 e. The van der Waals surface area contributed by atoms with Crippen molar-refractivity contribution >= 4 is 35.2 Å². The molecule has 3 heterocycles. The molecule has 1 aromatic heterocycles. The first-order valence-corrected chi connectivity index (χ1v) is 11.4. The van der Waals surface area contributed by atoms with Crippen LogP contribution in [-0.4, -0.2) is 84.8 Å². The maximum atomic E-state index is 13.5. The molecule has 0 spiro atoms. The van der Waals surface area contributed by atoms with Crippen LogP contribution in [0.2, 0.25) is 5.02 Å². The highest BCUT2D eigenvalue weighted by molar-refractivity contribution is 6.32. The van der Waals surface area contributed by atoms with E-state index in [-0.39, 0.29) is 49.5 Å². The second-order valence-electron chi connectivity index (χ2n) is 8.41. The molecule has 1 atom stereocenters.